The molecule has 74 valence electrons. The number of rotatable bonds is 7. The molecule has 2 atom stereocenters. The zero-order chi connectivity index (χ0) is 9.40. The summed E-state index contributed by atoms with van der Waals surface area (Å²) < 4.78 is 0. The molecule has 0 aromatic heterocycles. The molecule has 0 unspecified atom stereocenters. The average Bonchev–Trinajstić information content (AvgIpc) is 2.03. The van der Waals surface area contributed by atoms with Gasteiger partial charge in [0.15, 0.2) is 0 Å². The van der Waals surface area contributed by atoms with Gasteiger partial charge < -0.3 is 5.11 Å². The Morgan fingerprint density at radius 2 is 1.58 bits per heavy atom. The molecule has 0 aromatic carbocycles. The summed E-state index contributed by atoms with van der Waals surface area (Å²) in [5, 5.41) is 9.01. The second kappa shape index (κ2) is 7.60. The van der Waals surface area contributed by atoms with Crippen molar-refractivity contribution in [1.29, 1.82) is 0 Å². The summed E-state index contributed by atoms with van der Waals surface area (Å²) in [4.78, 5) is 0. The van der Waals surface area contributed by atoms with Gasteiger partial charge in [-0.25, -0.2) is 0 Å². The van der Waals surface area contributed by atoms with Gasteiger partial charge in [-0.1, -0.05) is 46.0 Å². The largest absolute Gasteiger partial charge is 0.393 e. The molecule has 0 saturated carbocycles. The Bertz CT molecular complexity index is 89.0. The number of unbranched alkanes of at least 4 members (excludes halogenated alkanes) is 2. The molecule has 0 aromatic rings. The zero-order valence-electron chi connectivity index (χ0n) is 8.84. The number of aliphatic hydroxyl groups excluding tert-OH is 1. The maximum Gasteiger partial charge on any atom is 0.0512 e. The number of hydrogen-bond donors (Lipinski definition) is 1. The lowest BCUT2D eigenvalue weighted by Gasteiger charge is -2.07. The lowest BCUT2D eigenvalue weighted by molar-refractivity contribution is 0.180. The van der Waals surface area contributed by atoms with E-state index in [2.05, 4.69) is 13.8 Å². The van der Waals surface area contributed by atoms with Crippen molar-refractivity contribution in [2.45, 2.75) is 65.4 Å². The van der Waals surface area contributed by atoms with Crippen LogP contribution in [-0.4, -0.2) is 11.2 Å². The van der Waals surface area contributed by atoms with Gasteiger partial charge in [0.2, 0.25) is 0 Å². The van der Waals surface area contributed by atoms with Crippen molar-refractivity contribution in [1.82, 2.24) is 0 Å². The molecule has 0 bridgehead atoms. The van der Waals surface area contributed by atoms with Gasteiger partial charge in [0, 0.05) is 0 Å². The Labute approximate surface area is 77.2 Å². The molecular formula is C11H24O. The van der Waals surface area contributed by atoms with Crippen LogP contribution in [0.2, 0.25) is 0 Å². The zero-order valence-corrected chi connectivity index (χ0v) is 8.84. The number of hydrogen-bond acceptors (Lipinski definition) is 1. The Morgan fingerprint density at radius 1 is 1.00 bits per heavy atom. The third-order valence-corrected chi connectivity index (χ3v) is 2.52. The molecule has 0 saturated heterocycles. The summed E-state index contributed by atoms with van der Waals surface area (Å²) >= 11 is 0. The first kappa shape index (κ1) is 12.0. The van der Waals surface area contributed by atoms with Gasteiger partial charge in [0.1, 0.15) is 0 Å². The summed E-state index contributed by atoms with van der Waals surface area (Å²) in [5.74, 6) is 0.886. The third kappa shape index (κ3) is 8.06. The molecule has 12 heavy (non-hydrogen) atoms. The van der Waals surface area contributed by atoms with Gasteiger partial charge in [0.05, 0.1) is 6.10 Å². The first-order chi connectivity index (χ1) is 5.66. The second-order valence-electron chi connectivity index (χ2n) is 4.00. The van der Waals surface area contributed by atoms with Crippen LogP contribution in [0.3, 0.4) is 0 Å². The van der Waals surface area contributed by atoms with E-state index in [1.807, 2.05) is 6.92 Å². The van der Waals surface area contributed by atoms with E-state index in [0.29, 0.717) is 0 Å². The predicted octanol–water partition coefficient (Wildman–Crippen LogP) is 3.36. The van der Waals surface area contributed by atoms with Crippen molar-refractivity contribution >= 4 is 0 Å². The molecule has 0 heterocycles. The maximum atomic E-state index is 9.01. The first-order valence-electron chi connectivity index (χ1n) is 5.34. The van der Waals surface area contributed by atoms with E-state index in [4.69, 9.17) is 5.11 Å². The summed E-state index contributed by atoms with van der Waals surface area (Å²) in [6.45, 7) is 6.43. The minimum Gasteiger partial charge on any atom is -0.393 e. The standard InChI is InChI=1S/C11H24O/c1-4-10(2)8-6-5-7-9-11(3)12/h10-12H,4-9H2,1-3H3/t10-,11+/m0/s1. The smallest absolute Gasteiger partial charge is 0.0512 e. The third-order valence-electron chi connectivity index (χ3n) is 2.52. The Kier molecular flexibility index (Phi) is 7.58. The highest BCUT2D eigenvalue weighted by molar-refractivity contribution is 4.52. The van der Waals surface area contributed by atoms with Crippen molar-refractivity contribution in [3.05, 3.63) is 0 Å². The van der Waals surface area contributed by atoms with Crippen LogP contribution >= 0.6 is 0 Å². The van der Waals surface area contributed by atoms with Gasteiger partial charge in [-0.2, -0.15) is 0 Å². The lowest BCUT2D eigenvalue weighted by Crippen LogP contribution is -1.98. The second-order valence-corrected chi connectivity index (χ2v) is 4.00. The van der Waals surface area contributed by atoms with Crippen molar-refractivity contribution in [3.63, 3.8) is 0 Å². The highest BCUT2D eigenvalue weighted by atomic mass is 16.3. The van der Waals surface area contributed by atoms with Gasteiger partial charge >= 0.3 is 0 Å². The minimum atomic E-state index is -0.103. The van der Waals surface area contributed by atoms with Crippen molar-refractivity contribution in [2.75, 3.05) is 0 Å². The minimum absolute atomic E-state index is 0.103. The molecule has 0 aliphatic rings. The fourth-order valence-corrected chi connectivity index (χ4v) is 1.31. The fraction of sp³-hybridized carbons (Fsp3) is 1.00. The fourth-order valence-electron chi connectivity index (χ4n) is 1.31. The molecule has 0 spiro atoms. The molecule has 0 radical (unpaired) electrons. The number of aliphatic hydroxyl groups is 1. The topological polar surface area (TPSA) is 20.2 Å². The van der Waals surface area contributed by atoms with E-state index in [1.54, 1.807) is 0 Å². The van der Waals surface area contributed by atoms with E-state index in [1.165, 1.54) is 32.1 Å². The van der Waals surface area contributed by atoms with Crippen LogP contribution in [-0.2, 0) is 0 Å². The predicted molar refractivity (Wildman–Crippen MR) is 54.2 cm³/mol. The van der Waals surface area contributed by atoms with Crippen LogP contribution < -0.4 is 0 Å². The normalized spacial score (nSPS) is 16.0. The van der Waals surface area contributed by atoms with Gasteiger partial charge in [-0.15, -0.1) is 0 Å². The molecule has 1 heteroatoms. The highest BCUT2D eigenvalue weighted by Gasteiger charge is 1.99. The van der Waals surface area contributed by atoms with E-state index in [9.17, 15) is 0 Å². The average molecular weight is 172 g/mol. The van der Waals surface area contributed by atoms with E-state index in [-0.39, 0.29) is 6.10 Å². The van der Waals surface area contributed by atoms with Gasteiger partial charge in [-0.05, 0) is 19.3 Å². The van der Waals surface area contributed by atoms with Crippen molar-refractivity contribution < 1.29 is 5.11 Å². The van der Waals surface area contributed by atoms with Crippen LogP contribution in [0.15, 0.2) is 0 Å². The van der Waals surface area contributed by atoms with Crippen LogP contribution in [0.1, 0.15) is 59.3 Å². The molecule has 0 aliphatic carbocycles. The summed E-state index contributed by atoms with van der Waals surface area (Å²) in [5.41, 5.74) is 0. The monoisotopic (exact) mass is 172 g/mol. The van der Waals surface area contributed by atoms with E-state index in [0.717, 1.165) is 12.3 Å². The van der Waals surface area contributed by atoms with Gasteiger partial charge in [-0.3, -0.25) is 0 Å². The van der Waals surface area contributed by atoms with Crippen molar-refractivity contribution in [2.24, 2.45) is 5.92 Å². The van der Waals surface area contributed by atoms with E-state index < -0.39 is 0 Å². The lowest BCUT2D eigenvalue weighted by atomic mass is 10.00. The molecule has 0 rings (SSSR count). The first-order valence-corrected chi connectivity index (χ1v) is 5.34. The van der Waals surface area contributed by atoms with Crippen LogP contribution in [0.4, 0.5) is 0 Å². The molecular weight excluding hydrogens is 148 g/mol. The molecule has 1 N–H and O–H groups in total. The molecule has 0 amide bonds. The van der Waals surface area contributed by atoms with Crippen LogP contribution in [0.5, 0.6) is 0 Å². The van der Waals surface area contributed by atoms with Crippen LogP contribution in [0, 0.1) is 5.92 Å². The summed E-state index contributed by atoms with van der Waals surface area (Å²) in [6, 6.07) is 0. The van der Waals surface area contributed by atoms with Crippen LogP contribution in [0.25, 0.3) is 0 Å². The van der Waals surface area contributed by atoms with Gasteiger partial charge in [0.25, 0.3) is 0 Å². The Morgan fingerprint density at radius 3 is 2.08 bits per heavy atom. The maximum absolute atomic E-state index is 9.01. The Balaban J connectivity index is 3.00. The quantitative estimate of drug-likeness (QED) is 0.584. The van der Waals surface area contributed by atoms with E-state index >= 15 is 0 Å². The summed E-state index contributed by atoms with van der Waals surface area (Å²) in [7, 11) is 0. The summed E-state index contributed by atoms with van der Waals surface area (Å²) in [6.07, 6.45) is 7.34. The molecule has 0 aliphatic heterocycles. The SMILES string of the molecule is CC[C@H](C)CCCCC[C@@H](C)O. The molecule has 0 fully saturated rings. The van der Waals surface area contributed by atoms with Crippen molar-refractivity contribution in [3.8, 4) is 0 Å². The molecule has 1 nitrogen and oxygen atoms in total. The highest BCUT2D eigenvalue weighted by Crippen LogP contribution is 2.13. The Hall–Kier alpha value is -0.0400.